The van der Waals surface area contributed by atoms with Crippen LogP contribution in [0.4, 0.5) is 8.78 Å². The van der Waals surface area contributed by atoms with Crippen molar-refractivity contribution < 1.29 is 22.7 Å². The zero-order valence-electron chi connectivity index (χ0n) is 11.7. The van der Waals surface area contributed by atoms with E-state index in [1.807, 2.05) is 13.8 Å². The van der Waals surface area contributed by atoms with Gasteiger partial charge in [0.1, 0.15) is 18.2 Å². The molecule has 0 aliphatic heterocycles. The SMILES string of the molecule is CC(C)NC(=O)c1ccc(COc2ccc(F)cc2F)o1. The molecule has 0 bridgehead atoms. The number of amides is 1. The second-order valence-corrected chi connectivity index (χ2v) is 4.76. The van der Waals surface area contributed by atoms with Crippen LogP contribution in [0, 0.1) is 11.6 Å². The van der Waals surface area contributed by atoms with Gasteiger partial charge in [0.05, 0.1) is 0 Å². The molecule has 2 aromatic rings. The highest BCUT2D eigenvalue weighted by molar-refractivity contribution is 5.91. The predicted molar refractivity (Wildman–Crippen MR) is 72.0 cm³/mol. The minimum Gasteiger partial charge on any atom is -0.483 e. The second-order valence-electron chi connectivity index (χ2n) is 4.76. The molecule has 1 amide bonds. The Morgan fingerprint density at radius 2 is 2.05 bits per heavy atom. The Hall–Kier alpha value is -2.37. The van der Waals surface area contributed by atoms with Crippen LogP contribution in [0.3, 0.4) is 0 Å². The van der Waals surface area contributed by atoms with E-state index >= 15 is 0 Å². The van der Waals surface area contributed by atoms with E-state index in [9.17, 15) is 13.6 Å². The molecule has 0 fully saturated rings. The number of furan rings is 1. The molecule has 1 heterocycles. The number of rotatable bonds is 5. The minimum absolute atomic E-state index is 0.00406. The highest BCUT2D eigenvalue weighted by Crippen LogP contribution is 2.19. The molecule has 1 aromatic heterocycles. The minimum atomic E-state index is -0.792. The van der Waals surface area contributed by atoms with E-state index in [2.05, 4.69) is 5.32 Å². The zero-order valence-corrected chi connectivity index (χ0v) is 11.7. The number of benzene rings is 1. The third kappa shape index (κ3) is 4.05. The number of halogens is 2. The van der Waals surface area contributed by atoms with Gasteiger partial charge in [-0.2, -0.15) is 0 Å². The summed E-state index contributed by atoms with van der Waals surface area (Å²) in [5.74, 6) is -1.36. The van der Waals surface area contributed by atoms with E-state index < -0.39 is 11.6 Å². The van der Waals surface area contributed by atoms with E-state index in [0.717, 1.165) is 12.1 Å². The van der Waals surface area contributed by atoms with Gasteiger partial charge in [-0.3, -0.25) is 4.79 Å². The fourth-order valence-corrected chi connectivity index (χ4v) is 1.65. The van der Waals surface area contributed by atoms with Crippen molar-refractivity contribution >= 4 is 5.91 Å². The largest absolute Gasteiger partial charge is 0.483 e. The maximum Gasteiger partial charge on any atom is 0.287 e. The Morgan fingerprint density at radius 3 is 2.71 bits per heavy atom. The van der Waals surface area contributed by atoms with E-state index in [1.165, 1.54) is 12.1 Å². The van der Waals surface area contributed by atoms with Gasteiger partial charge in [0.2, 0.25) is 0 Å². The lowest BCUT2D eigenvalue weighted by Gasteiger charge is -2.06. The Labute approximate surface area is 120 Å². The molecule has 0 spiro atoms. The van der Waals surface area contributed by atoms with Crippen LogP contribution in [0.2, 0.25) is 0 Å². The first-order valence-electron chi connectivity index (χ1n) is 6.43. The number of hydrogen-bond donors (Lipinski definition) is 1. The van der Waals surface area contributed by atoms with Crippen LogP contribution in [-0.4, -0.2) is 11.9 Å². The fourth-order valence-electron chi connectivity index (χ4n) is 1.65. The lowest BCUT2D eigenvalue weighted by Crippen LogP contribution is -2.29. The summed E-state index contributed by atoms with van der Waals surface area (Å²) >= 11 is 0. The monoisotopic (exact) mass is 295 g/mol. The molecule has 0 radical (unpaired) electrons. The lowest BCUT2D eigenvalue weighted by molar-refractivity contribution is 0.0911. The highest BCUT2D eigenvalue weighted by Gasteiger charge is 2.13. The summed E-state index contributed by atoms with van der Waals surface area (Å²) in [7, 11) is 0. The maximum atomic E-state index is 13.4. The first-order chi connectivity index (χ1) is 9.95. The predicted octanol–water partition coefficient (Wildman–Crippen LogP) is 3.28. The van der Waals surface area contributed by atoms with Crippen LogP contribution >= 0.6 is 0 Å². The molecular formula is C15H15F2NO3. The standard InChI is InChI=1S/C15H15F2NO3/c1-9(2)18-15(19)14-6-4-11(21-14)8-20-13-5-3-10(16)7-12(13)17/h3-7,9H,8H2,1-2H3,(H,18,19). The van der Waals surface area contributed by atoms with Gasteiger partial charge in [0, 0.05) is 12.1 Å². The fraction of sp³-hybridized carbons (Fsp3) is 0.267. The molecule has 6 heteroatoms. The Kier molecular flexibility index (Phi) is 4.57. The number of ether oxygens (including phenoxy) is 1. The summed E-state index contributed by atoms with van der Waals surface area (Å²) in [6, 6.07) is 6.10. The molecule has 4 nitrogen and oxygen atoms in total. The van der Waals surface area contributed by atoms with Crippen LogP contribution in [0.1, 0.15) is 30.2 Å². The summed E-state index contributed by atoms with van der Waals surface area (Å²) in [6.07, 6.45) is 0. The van der Waals surface area contributed by atoms with E-state index in [1.54, 1.807) is 6.07 Å². The molecule has 0 atom stereocenters. The van der Waals surface area contributed by atoms with Gasteiger partial charge in [-0.15, -0.1) is 0 Å². The van der Waals surface area contributed by atoms with Crippen molar-refractivity contribution in [2.45, 2.75) is 26.5 Å². The van der Waals surface area contributed by atoms with Crippen LogP contribution in [-0.2, 0) is 6.61 Å². The molecule has 1 aromatic carbocycles. The second kappa shape index (κ2) is 6.39. The van der Waals surface area contributed by atoms with Crippen LogP contribution in [0.15, 0.2) is 34.7 Å². The van der Waals surface area contributed by atoms with Gasteiger partial charge in [0.25, 0.3) is 5.91 Å². The number of nitrogens with one attached hydrogen (secondary N) is 1. The molecule has 1 N–H and O–H groups in total. The van der Waals surface area contributed by atoms with Gasteiger partial charge in [-0.1, -0.05) is 0 Å². The van der Waals surface area contributed by atoms with E-state index in [4.69, 9.17) is 9.15 Å². The summed E-state index contributed by atoms with van der Waals surface area (Å²) in [5.41, 5.74) is 0. The van der Waals surface area contributed by atoms with Crippen molar-refractivity contribution in [1.82, 2.24) is 5.32 Å². The third-order valence-electron chi connectivity index (χ3n) is 2.57. The summed E-state index contributed by atoms with van der Waals surface area (Å²) in [6.45, 7) is 3.61. The van der Waals surface area contributed by atoms with Crippen molar-refractivity contribution in [1.29, 1.82) is 0 Å². The van der Waals surface area contributed by atoms with Crippen LogP contribution < -0.4 is 10.1 Å². The number of carbonyl (C=O) groups excluding carboxylic acids is 1. The Bertz CT molecular complexity index is 638. The van der Waals surface area contributed by atoms with Gasteiger partial charge in [-0.05, 0) is 38.1 Å². The topological polar surface area (TPSA) is 51.5 Å². The Balaban J connectivity index is 1.98. The first kappa shape index (κ1) is 15.0. The molecule has 0 saturated carbocycles. The van der Waals surface area contributed by atoms with Crippen molar-refractivity contribution in [3.05, 3.63) is 53.5 Å². The van der Waals surface area contributed by atoms with E-state index in [-0.39, 0.29) is 30.1 Å². The average molecular weight is 295 g/mol. The molecule has 21 heavy (non-hydrogen) atoms. The molecule has 2 rings (SSSR count). The maximum absolute atomic E-state index is 13.4. The van der Waals surface area contributed by atoms with Crippen molar-refractivity contribution in [3.63, 3.8) is 0 Å². The quantitative estimate of drug-likeness (QED) is 0.921. The Morgan fingerprint density at radius 1 is 1.29 bits per heavy atom. The third-order valence-corrected chi connectivity index (χ3v) is 2.57. The smallest absolute Gasteiger partial charge is 0.287 e. The summed E-state index contributed by atoms with van der Waals surface area (Å²) in [4.78, 5) is 11.7. The first-order valence-corrected chi connectivity index (χ1v) is 6.43. The van der Waals surface area contributed by atoms with Gasteiger partial charge in [-0.25, -0.2) is 8.78 Å². The van der Waals surface area contributed by atoms with Crippen molar-refractivity contribution in [3.8, 4) is 5.75 Å². The van der Waals surface area contributed by atoms with Gasteiger partial charge < -0.3 is 14.5 Å². The zero-order chi connectivity index (χ0) is 15.4. The normalized spacial score (nSPS) is 10.7. The average Bonchev–Trinajstić information content (AvgIpc) is 2.86. The summed E-state index contributed by atoms with van der Waals surface area (Å²) < 4.78 is 36.6. The highest BCUT2D eigenvalue weighted by atomic mass is 19.1. The van der Waals surface area contributed by atoms with Gasteiger partial charge >= 0.3 is 0 Å². The lowest BCUT2D eigenvalue weighted by atomic mass is 10.3. The van der Waals surface area contributed by atoms with Crippen molar-refractivity contribution in [2.24, 2.45) is 0 Å². The molecule has 0 saturated heterocycles. The number of hydrogen-bond acceptors (Lipinski definition) is 3. The summed E-state index contributed by atoms with van der Waals surface area (Å²) in [5, 5.41) is 2.69. The van der Waals surface area contributed by atoms with E-state index in [0.29, 0.717) is 5.76 Å². The van der Waals surface area contributed by atoms with Gasteiger partial charge in [0.15, 0.2) is 17.3 Å². The van der Waals surface area contributed by atoms with Crippen LogP contribution in [0.25, 0.3) is 0 Å². The van der Waals surface area contributed by atoms with Crippen LogP contribution in [0.5, 0.6) is 5.75 Å². The molecule has 112 valence electrons. The molecular weight excluding hydrogens is 280 g/mol. The molecule has 0 aliphatic rings. The molecule has 0 unspecified atom stereocenters. The number of carbonyl (C=O) groups is 1. The molecule has 0 aliphatic carbocycles. The van der Waals surface area contributed by atoms with Crippen molar-refractivity contribution in [2.75, 3.05) is 0 Å².